The molecule has 3 N–H and O–H groups in total. The van der Waals surface area contributed by atoms with Crippen LogP contribution >= 0.6 is 0 Å². The summed E-state index contributed by atoms with van der Waals surface area (Å²) in [6.07, 6.45) is 2.27. The molecule has 4 bridgehead atoms. The van der Waals surface area contributed by atoms with Crippen LogP contribution in [0.25, 0.3) is 5.65 Å². The van der Waals surface area contributed by atoms with Crippen molar-refractivity contribution in [3.8, 4) is 0 Å². The molecule has 28 heavy (non-hydrogen) atoms. The Morgan fingerprint density at radius 2 is 2.21 bits per heavy atom. The van der Waals surface area contributed by atoms with Crippen LogP contribution in [0, 0.1) is 5.82 Å². The molecule has 0 unspecified atom stereocenters. The maximum atomic E-state index is 14.1. The number of benzene rings is 1. The van der Waals surface area contributed by atoms with E-state index < -0.39 is 0 Å². The molecule has 2 aromatic heterocycles. The van der Waals surface area contributed by atoms with Crippen molar-refractivity contribution >= 4 is 28.9 Å². The van der Waals surface area contributed by atoms with Gasteiger partial charge in [0.05, 0.1) is 19.4 Å². The SMILES string of the molecule is C[C@@H]1COCc2cc(F)cc(c2)Nc2nc3c(cnn3c3c2CCN3)C(=O)N1. The van der Waals surface area contributed by atoms with Gasteiger partial charge in [-0.3, -0.25) is 4.79 Å². The maximum Gasteiger partial charge on any atom is 0.257 e. The lowest BCUT2D eigenvalue weighted by molar-refractivity contribution is 0.0821. The van der Waals surface area contributed by atoms with E-state index in [0.717, 1.165) is 24.3 Å². The van der Waals surface area contributed by atoms with Gasteiger partial charge in [-0.1, -0.05) is 0 Å². The lowest BCUT2D eigenvalue weighted by atomic mass is 10.2. The molecule has 0 saturated carbocycles. The molecule has 5 rings (SSSR count). The van der Waals surface area contributed by atoms with Gasteiger partial charge >= 0.3 is 0 Å². The number of rotatable bonds is 0. The monoisotopic (exact) mass is 382 g/mol. The summed E-state index contributed by atoms with van der Waals surface area (Å²) in [7, 11) is 0. The Labute approximate surface area is 160 Å². The molecule has 4 heterocycles. The first-order valence-electron chi connectivity index (χ1n) is 9.18. The van der Waals surface area contributed by atoms with Gasteiger partial charge < -0.3 is 20.7 Å². The fourth-order valence-corrected chi connectivity index (χ4v) is 3.65. The molecule has 8 nitrogen and oxygen atoms in total. The first kappa shape index (κ1) is 16.9. The van der Waals surface area contributed by atoms with Gasteiger partial charge in [0.15, 0.2) is 5.65 Å². The Bertz CT molecular complexity index is 1100. The summed E-state index contributed by atoms with van der Waals surface area (Å²) >= 11 is 0. The van der Waals surface area contributed by atoms with E-state index in [-0.39, 0.29) is 24.4 Å². The molecule has 144 valence electrons. The van der Waals surface area contributed by atoms with Crippen molar-refractivity contribution < 1.29 is 13.9 Å². The van der Waals surface area contributed by atoms with E-state index in [9.17, 15) is 9.18 Å². The normalized spacial score (nSPS) is 18.9. The van der Waals surface area contributed by atoms with Crippen LogP contribution in [-0.4, -0.2) is 39.7 Å². The third-order valence-corrected chi connectivity index (χ3v) is 4.89. The predicted octanol–water partition coefficient (Wildman–Crippen LogP) is 2.23. The third-order valence-electron chi connectivity index (χ3n) is 4.89. The highest BCUT2D eigenvalue weighted by Crippen LogP contribution is 2.32. The lowest BCUT2D eigenvalue weighted by Gasteiger charge is -2.16. The lowest BCUT2D eigenvalue weighted by Crippen LogP contribution is -2.35. The maximum absolute atomic E-state index is 14.1. The quantitative estimate of drug-likeness (QED) is 0.552. The Kier molecular flexibility index (Phi) is 3.90. The number of hydrogen-bond donors (Lipinski definition) is 3. The van der Waals surface area contributed by atoms with E-state index in [1.54, 1.807) is 4.52 Å². The molecule has 0 spiro atoms. The van der Waals surface area contributed by atoms with Crippen LogP contribution < -0.4 is 16.0 Å². The van der Waals surface area contributed by atoms with Gasteiger partial charge in [0.2, 0.25) is 0 Å². The zero-order valence-corrected chi connectivity index (χ0v) is 15.3. The number of ether oxygens (including phenoxy) is 1. The van der Waals surface area contributed by atoms with Crippen LogP contribution in [0.5, 0.6) is 0 Å². The average molecular weight is 382 g/mol. The van der Waals surface area contributed by atoms with Crippen LogP contribution in [0.2, 0.25) is 0 Å². The van der Waals surface area contributed by atoms with E-state index in [2.05, 4.69) is 26.0 Å². The van der Waals surface area contributed by atoms with E-state index in [1.165, 1.54) is 18.3 Å². The number of aromatic nitrogens is 3. The van der Waals surface area contributed by atoms with Gasteiger partial charge in [0.25, 0.3) is 5.91 Å². The molecule has 9 heteroatoms. The fraction of sp³-hybridized carbons (Fsp3) is 0.316. The smallest absolute Gasteiger partial charge is 0.257 e. The summed E-state index contributed by atoms with van der Waals surface area (Å²) in [6, 6.07) is 4.49. The summed E-state index contributed by atoms with van der Waals surface area (Å²) in [5.41, 5.74) is 3.06. The number of nitrogens with zero attached hydrogens (tertiary/aromatic N) is 3. The second-order valence-electron chi connectivity index (χ2n) is 7.12. The summed E-state index contributed by atoms with van der Waals surface area (Å²) in [5.74, 6) is 0.776. The summed E-state index contributed by atoms with van der Waals surface area (Å²) in [4.78, 5) is 17.4. The highest BCUT2D eigenvalue weighted by Gasteiger charge is 2.25. The topological polar surface area (TPSA) is 92.6 Å². The van der Waals surface area contributed by atoms with E-state index in [1.807, 2.05) is 13.0 Å². The van der Waals surface area contributed by atoms with Crippen molar-refractivity contribution in [3.63, 3.8) is 0 Å². The number of hydrogen-bond acceptors (Lipinski definition) is 6. The first-order valence-corrected chi connectivity index (χ1v) is 9.18. The summed E-state index contributed by atoms with van der Waals surface area (Å²) in [5, 5.41) is 13.8. The van der Waals surface area contributed by atoms with Crippen molar-refractivity contribution in [1.29, 1.82) is 0 Å². The van der Waals surface area contributed by atoms with Crippen molar-refractivity contribution in [2.24, 2.45) is 0 Å². The Morgan fingerprint density at radius 3 is 3.11 bits per heavy atom. The van der Waals surface area contributed by atoms with Crippen LogP contribution in [0.1, 0.15) is 28.4 Å². The number of nitrogens with one attached hydrogen (secondary N) is 3. The Balaban J connectivity index is 1.70. The molecule has 2 aliphatic heterocycles. The van der Waals surface area contributed by atoms with E-state index >= 15 is 0 Å². The molecule has 0 aliphatic carbocycles. The first-order chi connectivity index (χ1) is 13.6. The number of halogens is 1. The predicted molar refractivity (Wildman–Crippen MR) is 101 cm³/mol. The Hall–Kier alpha value is -3.20. The van der Waals surface area contributed by atoms with Gasteiger partial charge in [-0.2, -0.15) is 9.61 Å². The molecule has 1 amide bonds. The molecule has 3 aromatic rings. The Morgan fingerprint density at radius 1 is 1.32 bits per heavy atom. The summed E-state index contributed by atoms with van der Waals surface area (Å²) in [6.45, 7) is 3.15. The van der Waals surface area contributed by atoms with E-state index in [4.69, 9.17) is 4.74 Å². The highest BCUT2D eigenvalue weighted by atomic mass is 19.1. The molecule has 2 aliphatic rings. The third kappa shape index (κ3) is 2.84. The van der Waals surface area contributed by atoms with Gasteiger partial charge in [0.1, 0.15) is 23.0 Å². The second-order valence-corrected chi connectivity index (χ2v) is 7.12. The van der Waals surface area contributed by atoms with Crippen molar-refractivity contribution in [3.05, 3.63) is 46.9 Å². The molecule has 0 radical (unpaired) electrons. The minimum absolute atomic E-state index is 0.219. The van der Waals surface area contributed by atoms with Crippen LogP contribution in [-0.2, 0) is 17.8 Å². The number of anilines is 3. The molecule has 1 aromatic carbocycles. The van der Waals surface area contributed by atoms with Crippen LogP contribution in [0.4, 0.5) is 21.7 Å². The molecule has 1 atom stereocenters. The largest absolute Gasteiger partial charge is 0.375 e. The number of amides is 1. The zero-order valence-electron chi connectivity index (χ0n) is 15.3. The van der Waals surface area contributed by atoms with E-state index in [0.29, 0.717) is 34.9 Å². The number of fused-ring (bicyclic) bond motifs is 6. The van der Waals surface area contributed by atoms with Crippen molar-refractivity contribution in [1.82, 2.24) is 19.9 Å². The standard InChI is InChI=1S/C19H19FN6O2/c1-10-8-28-9-11-4-12(20)6-13(5-11)24-16-14-2-3-21-17(14)26-18(25-16)15(7-22-26)19(27)23-10/h4-7,10,21H,2-3,8-9H2,1H3,(H,23,27)(H,24,25)/t10-/m1/s1. The van der Waals surface area contributed by atoms with Gasteiger partial charge in [-0.25, -0.2) is 9.37 Å². The number of carbonyl (C=O) groups is 1. The molecular formula is C19H19FN6O2. The summed E-state index contributed by atoms with van der Waals surface area (Å²) < 4.78 is 21.4. The minimum Gasteiger partial charge on any atom is -0.375 e. The minimum atomic E-state index is -0.349. The van der Waals surface area contributed by atoms with Crippen LogP contribution in [0.15, 0.2) is 24.4 Å². The second kappa shape index (κ2) is 6.45. The van der Waals surface area contributed by atoms with Gasteiger partial charge in [0, 0.05) is 23.8 Å². The highest BCUT2D eigenvalue weighted by molar-refractivity contribution is 6.00. The number of carbonyl (C=O) groups excluding carboxylic acids is 1. The fourth-order valence-electron chi connectivity index (χ4n) is 3.65. The van der Waals surface area contributed by atoms with Crippen molar-refractivity contribution in [2.45, 2.75) is 26.0 Å². The van der Waals surface area contributed by atoms with Gasteiger partial charge in [-0.05, 0) is 37.1 Å². The molecule has 0 saturated heterocycles. The van der Waals surface area contributed by atoms with Crippen molar-refractivity contribution in [2.75, 3.05) is 23.8 Å². The van der Waals surface area contributed by atoms with Gasteiger partial charge in [-0.15, -0.1) is 0 Å². The van der Waals surface area contributed by atoms with Crippen LogP contribution in [0.3, 0.4) is 0 Å². The molecular weight excluding hydrogens is 363 g/mol. The molecule has 0 fully saturated rings. The average Bonchev–Trinajstić information content (AvgIpc) is 3.27. The zero-order chi connectivity index (χ0) is 19.3.